The minimum atomic E-state index is -0.196. The molecule has 3 aromatic rings. The standard InChI is InChI=1S/C20H23N3O4/c1-25-16-11-13(12-17(26-2)19(16)27-3)20(24)21-10-6-9-18-22-14-7-4-5-8-15(14)23-18/h4-5,7-8,11-12H,6,9-10H2,1-3H3,(H,21,24)(H,22,23). The van der Waals surface area contributed by atoms with E-state index in [1.54, 1.807) is 12.1 Å². The van der Waals surface area contributed by atoms with Crippen LogP contribution in [0.1, 0.15) is 22.6 Å². The Balaban J connectivity index is 1.59. The van der Waals surface area contributed by atoms with E-state index in [0.29, 0.717) is 29.4 Å². The number of aromatic amines is 1. The van der Waals surface area contributed by atoms with Gasteiger partial charge in [0.15, 0.2) is 11.5 Å². The second-order valence-corrected chi connectivity index (χ2v) is 5.97. The zero-order chi connectivity index (χ0) is 19.2. The molecule has 3 rings (SSSR count). The lowest BCUT2D eigenvalue weighted by Crippen LogP contribution is -2.25. The van der Waals surface area contributed by atoms with Crippen LogP contribution in [0.25, 0.3) is 11.0 Å². The van der Waals surface area contributed by atoms with Gasteiger partial charge in [-0.3, -0.25) is 4.79 Å². The quantitative estimate of drug-likeness (QED) is 0.596. The monoisotopic (exact) mass is 369 g/mol. The summed E-state index contributed by atoms with van der Waals surface area (Å²) < 4.78 is 15.8. The summed E-state index contributed by atoms with van der Waals surface area (Å²) in [5, 5.41) is 2.91. The van der Waals surface area contributed by atoms with Crippen LogP contribution in [0.4, 0.5) is 0 Å². The Morgan fingerprint density at radius 3 is 2.41 bits per heavy atom. The van der Waals surface area contributed by atoms with Gasteiger partial charge in [-0.05, 0) is 30.7 Å². The summed E-state index contributed by atoms with van der Waals surface area (Å²) >= 11 is 0. The van der Waals surface area contributed by atoms with E-state index in [9.17, 15) is 4.79 Å². The molecule has 2 aromatic carbocycles. The van der Waals surface area contributed by atoms with Gasteiger partial charge in [-0.1, -0.05) is 12.1 Å². The van der Waals surface area contributed by atoms with Crippen molar-refractivity contribution in [3.05, 3.63) is 47.8 Å². The number of para-hydroxylation sites is 2. The molecule has 142 valence electrons. The van der Waals surface area contributed by atoms with E-state index < -0.39 is 0 Å². The number of aryl methyl sites for hydroxylation is 1. The lowest BCUT2D eigenvalue weighted by atomic mass is 10.1. The highest BCUT2D eigenvalue weighted by molar-refractivity contribution is 5.95. The van der Waals surface area contributed by atoms with Gasteiger partial charge in [0, 0.05) is 18.5 Å². The third-order valence-corrected chi connectivity index (χ3v) is 4.24. The van der Waals surface area contributed by atoms with Crippen LogP contribution < -0.4 is 19.5 Å². The largest absolute Gasteiger partial charge is 0.493 e. The fourth-order valence-corrected chi connectivity index (χ4v) is 2.90. The number of carbonyl (C=O) groups excluding carboxylic acids is 1. The molecule has 7 nitrogen and oxygen atoms in total. The minimum absolute atomic E-state index is 0.196. The van der Waals surface area contributed by atoms with E-state index in [4.69, 9.17) is 14.2 Å². The van der Waals surface area contributed by atoms with E-state index in [1.807, 2.05) is 24.3 Å². The number of hydrogen-bond donors (Lipinski definition) is 2. The molecule has 7 heteroatoms. The fraction of sp³-hybridized carbons (Fsp3) is 0.300. The summed E-state index contributed by atoms with van der Waals surface area (Å²) in [5.74, 6) is 2.08. The third kappa shape index (κ3) is 4.13. The summed E-state index contributed by atoms with van der Waals surface area (Å²) in [6, 6.07) is 11.2. The number of aromatic nitrogens is 2. The summed E-state index contributed by atoms with van der Waals surface area (Å²) in [6.45, 7) is 0.534. The molecule has 1 heterocycles. The molecule has 1 amide bonds. The average Bonchev–Trinajstić information content (AvgIpc) is 3.12. The predicted octanol–water partition coefficient (Wildman–Crippen LogP) is 2.95. The first-order valence-corrected chi connectivity index (χ1v) is 8.68. The van der Waals surface area contributed by atoms with Crippen molar-refractivity contribution in [3.8, 4) is 17.2 Å². The average molecular weight is 369 g/mol. The smallest absolute Gasteiger partial charge is 0.251 e. The van der Waals surface area contributed by atoms with Crippen molar-refractivity contribution in [1.82, 2.24) is 15.3 Å². The Morgan fingerprint density at radius 2 is 1.78 bits per heavy atom. The Hall–Kier alpha value is -3.22. The van der Waals surface area contributed by atoms with Gasteiger partial charge in [0.05, 0.1) is 32.4 Å². The molecule has 27 heavy (non-hydrogen) atoms. The molecule has 0 spiro atoms. The van der Waals surface area contributed by atoms with Crippen LogP contribution in [0.5, 0.6) is 17.2 Å². The van der Waals surface area contributed by atoms with Gasteiger partial charge in [-0.2, -0.15) is 0 Å². The van der Waals surface area contributed by atoms with E-state index >= 15 is 0 Å². The summed E-state index contributed by atoms with van der Waals surface area (Å²) in [6.07, 6.45) is 1.53. The van der Waals surface area contributed by atoms with Crippen molar-refractivity contribution < 1.29 is 19.0 Å². The number of fused-ring (bicyclic) bond motifs is 1. The van der Waals surface area contributed by atoms with Gasteiger partial charge < -0.3 is 24.5 Å². The second kappa shape index (κ2) is 8.44. The maximum absolute atomic E-state index is 12.4. The van der Waals surface area contributed by atoms with E-state index in [0.717, 1.165) is 29.7 Å². The van der Waals surface area contributed by atoms with Crippen molar-refractivity contribution in [1.29, 1.82) is 0 Å². The van der Waals surface area contributed by atoms with Crippen LogP contribution in [0, 0.1) is 0 Å². The molecule has 1 aromatic heterocycles. The van der Waals surface area contributed by atoms with Crippen molar-refractivity contribution in [2.45, 2.75) is 12.8 Å². The number of carbonyl (C=O) groups is 1. The number of amides is 1. The Bertz CT molecular complexity index is 878. The molecule has 0 radical (unpaired) electrons. The van der Waals surface area contributed by atoms with Gasteiger partial charge >= 0.3 is 0 Å². The van der Waals surface area contributed by atoms with E-state index in [-0.39, 0.29) is 5.91 Å². The zero-order valence-electron chi connectivity index (χ0n) is 15.7. The highest BCUT2D eigenvalue weighted by atomic mass is 16.5. The lowest BCUT2D eigenvalue weighted by molar-refractivity contribution is 0.0952. The molecule has 2 N–H and O–H groups in total. The Labute approximate surface area is 157 Å². The van der Waals surface area contributed by atoms with Crippen molar-refractivity contribution in [2.75, 3.05) is 27.9 Å². The van der Waals surface area contributed by atoms with Crippen LogP contribution in [-0.4, -0.2) is 43.7 Å². The molecule has 0 bridgehead atoms. The molecule has 0 aliphatic heterocycles. The number of nitrogens with one attached hydrogen (secondary N) is 2. The first-order valence-electron chi connectivity index (χ1n) is 8.68. The van der Waals surface area contributed by atoms with Crippen molar-refractivity contribution in [2.24, 2.45) is 0 Å². The predicted molar refractivity (Wildman–Crippen MR) is 103 cm³/mol. The normalized spacial score (nSPS) is 10.6. The Morgan fingerprint density at radius 1 is 1.07 bits per heavy atom. The van der Waals surface area contributed by atoms with Gasteiger partial charge in [0.2, 0.25) is 5.75 Å². The first kappa shape index (κ1) is 18.6. The highest BCUT2D eigenvalue weighted by Crippen LogP contribution is 2.38. The van der Waals surface area contributed by atoms with Crippen molar-refractivity contribution >= 4 is 16.9 Å². The summed E-state index contributed by atoms with van der Waals surface area (Å²) in [4.78, 5) is 20.3. The topological polar surface area (TPSA) is 85.5 Å². The first-order chi connectivity index (χ1) is 13.2. The number of H-pyrrole nitrogens is 1. The lowest BCUT2D eigenvalue weighted by Gasteiger charge is -2.14. The van der Waals surface area contributed by atoms with Crippen molar-refractivity contribution in [3.63, 3.8) is 0 Å². The number of rotatable bonds is 8. The van der Waals surface area contributed by atoms with Crippen LogP contribution in [0.3, 0.4) is 0 Å². The molecule has 0 fully saturated rings. The van der Waals surface area contributed by atoms with Gasteiger partial charge in [-0.15, -0.1) is 0 Å². The van der Waals surface area contributed by atoms with E-state index in [1.165, 1.54) is 21.3 Å². The van der Waals surface area contributed by atoms with Gasteiger partial charge in [-0.25, -0.2) is 4.98 Å². The van der Waals surface area contributed by atoms with Crippen LogP contribution >= 0.6 is 0 Å². The maximum Gasteiger partial charge on any atom is 0.251 e. The highest BCUT2D eigenvalue weighted by Gasteiger charge is 2.16. The minimum Gasteiger partial charge on any atom is -0.493 e. The van der Waals surface area contributed by atoms with Crippen LogP contribution in [0.2, 0.25) is 0 Å². The van der Waals surface area contributed by atoms with E-state index in [2.05, 4.69) is 15.3 Å². The molecular weight excluding hydrogens is 346 g/mol. The summed E-state index contributed by atoms with van der Waals surface area (Å²) in [5.41, 5.74) is 2.43. The van der Waals surface area contributed by atoms with Crippen LogP contribution in [-0.2, 0) is 6.42 Å². The van der Waals surface area contributed by atoms with Gasteiger partial charge in [0.25, 0.3) is 5.91 Å². The number of benzene rings is 2. The molecule has 0 unspecified atom stereocenters. The molecule has 0 aliphatic carbocycles. The van der Waals surface area contributed by atoms with Crippen LogP contribution in [0.15, 0.2) is 36.4 Å². The zero-order valence-corrected chi connectivity index (χ0v) is 15.7. The number of nitrogens with zero attached hydrogens (tertiary/aromatic N) is 1. The molecule has 0 atom stereocenters. The second-order valence-electron chi connectivity index (χ2n) is 5.97. The van der Waals surface area contributed by atoms with Gasteiger partial charge in [0.1, 0.15) is 5.82 Å². The molecular formula is C20H23N3O4. The number of imidazole rings is 1. The number of ether oxygens (including phenoxy) is 3. The molecule has 0 saturated carbocycles. The fourth-order valence-electron chi connectivity index (χ4n) is 2.90. The molecule has 0 saturated heterocycles. The number of hydrogen-bond acceptors (Lipinski definition) is 5. The number of methoxy groups -OCH3 is 3. The Kier molecular flexibility index (Phi) is 5.80. The maximum atomic E-state index is 12.4. The third-order valence-electron chi connectivity index (χ3n) is 4.24. The summed E-state index contributed by atoms with van der Waals surface area (Å²) in [7, 11) is 4.57. The SMILES string of the molecule is COc1cc(C(=O)NCCCc2nc3ccccc3[nH]2)cc(OC)c1OC. The molecule has 0 aliphatic rings.